The zero-order valence-corrected chi connectivity index (χ0v) is 17.5. The van der Waals surface area contributed by atoms with Crippen LogP contribution in [0.1, 0.15) is 55.8 Å². The van der Waals surface area contributed by atoms with Gasteiger partial charge in [-0.05, 0) is 80.8 Å². The lowest BCUT2D eigenvalue weighted by atomic mass is 9.48. The van der Waals surface area contributed by atoms with Gasteiger partial charge in [-0.1, -0.05) is 0 Å². The largest absolute Gasteiger partial charge is 0.497 e. The molecule has 1 atom stereocenters. The van der Waals surface area contributed by atoms with Crippen LogP contribution in [0.2, 0.25) is 0 Å². The molecule has 4 aliphatic rings. The minimum absolute atomic E-state index is 0.109. The molecule has 1 amide bonds. The zero-order chi connectivity index (χ0) is 20.6. The van der Waals surface area contributed by atoms with E-state index in [4.69, 9.17) is 14.2 Å². The topological polar surface area (TPSA) is 73.9 Å². The summed E-state index contributed by atoms with van der Waals surface area (Å²) >= 11 is 0. The highest BCUT2D eigenvalue weighted by Crippen LogP contribution is 2.61. The molecule has 0 spiro atoms. The van der Waals surface area contributed by atoms with E-state index < -0.39 is 5.97 Å². The van der Waals surface area contributed by atoms with Crippen LogP contribution in [-0.2, 0) is 9.53 Å². The van der Waals surface area contributed by atoms with Gasteiger partial charge in [0.2, 0.25) is 0 Å². The molecule has 4 saturated carbocycles. The van der Waals surface area contributed by atoms with Crippen molar-refractivity contribution < 1.29 is 23.8 Å². The van der Waals surface area contributed by atoms with Gasteiger partial charge in [-0.2, -0.15) is 0 Å². The van der Waals surface area contributed by atoms with E-state index in [9.17, 15) is 9.59 Å². The van der Waals surface area contributed by atoms with Crippen LogP contribution in [0.25, 0.3) is 0 Å². The van der Waals surface area contributed by atoms with Crippen LogP contribution in [-0.4, -0.2) is 38.7 Å². The number of hydrogen-bond donors (Lipinski definition) is 1. The van der Waals surface area contributed by atoms with Crippen molar-refractivity contribution in [1.82, 2.24) is 5.32 Å². The van der Waals surface area contributed by atoms with Crippen LogP contribution >= 0.6 is 0 Å². The van der Waals surface area contributed by atoms with Crippen LogP contribution in [0.5, 0.6) is 11.5 Å². The maximum absolute atomic E-state index is 12.5. The molecule has 0 heterocycles. The van der Waals surface area contributed by atoms with Crippen LogP contribution in [0.15, 0.2) is 18.2 Å². The van der Waals surface area contributed by atoms with Gasteiger partial charge in [0.05, 0.1) is 14.2 Å². The van der Waals surface area contributed by atoms with Crippen LogP contribution in [0, 0.1) is 23.2 Å². The van der Waals surface area contributed by atoms with Crippen molar-refractivity contribution in [3.05, 3.63) is 23.8 Å². The van der Waals surface area contributed by atoms with E-state index in [0.717, 1.165) is 17.8 Å². The highest BCUT2D eigenvalue weighted by atomic mass is 16.5. The molecule has 4 fully saturated rings. The summed E-state index contributed by atoms with van der Waals surface area (Å²) in [6, 6.07) is 4.97. The Hall–Kier alpha value is -2.24. The molecule has 0 aliphatic heterocycles. The molecule has 158 valence electrons. The molecule has 5 rings (SSSR count). The van der Waals surface area contributed by atoms with E-state index in [1.54, 1.807) is 25.3 Å². The number of ether oxygens (including phenoxy) is 3. The van der Waals surface area contributed by atoms with Gasteiger partial charge in [0.1, 0.15) is 17.1 Å². The molecule has 1 aromatic rings. The number of carbonyl (C=O) groups is 2. The van der Waals surface area contributed by atoms with Crippen LogP contribution in [0.3, 0.4) is 0 Å². The molecular weight excluding hydrogens is 370 g/mol. The molecule has 0 aromatic heterocycles. The first-order chi connectivity index (χ1) is 13.9. The molecule has 0 unspecified atom stereocenters. The summed E-state index contributed by atoms with van der Waals surface area (Å²) < 4.78 is 15.6. The molecule has 0 radical (unpaired) electrons. The minimum Gasteiger partial charge on any atom is -0.497 e. The Bertz CT molecular complexity index is 754. The Balaban J connectivity index is 1.33. The molecule has 0 saturated heterocycles. The zero-order valence-electron chi connectivity index (χ0n) is 17.5. The van der Waals surface area contributed by atoms with Crippen molar-refractivity contribution in [1.29, 1.82) is 0 Å². The third kappa shape index (κ3) is 3.94. The lowest BCUT2D eigenvalue weighted by Crippen LogP contribution is -2.56. The predicted molar refractivity (Wildman–Crippen MR) is 108 cm³/mol. The van der Waals surface area contributed by atoms with E-state index in [1.807, 2.05) is 0 Å². The monoisotopic (exact) mass is 401 g/mol. The lowest BCUT2D eigenvalue weighted by Gasteiger charge is -2.59. The van der Waals surface area contributed by atoms with Crippen molar-refractivity contribution in [2.45, 2.75) is 51.5 Å². The van der Waals surface area contributed by atoms with Gasteiger partial charge in [-0.25, -0.2) is 4.79 Å². The summed E-state index contributed by atoms with van der Waals surface area (Å²) in [5, 5.41) is 3.12. The number of carbonyl (C=O) groups excluding carboxylic acids is 2. The van der Waals surface area contributed by atoms with Gasteiger partial charge in [0.25, 0.3) is 5.91 Å². The molecular formula is C23H31NO5. The third-order valence-corrected chi connectivity index (χ3v) is 7.34. The highest BCUT2D eigenvalue weighted by Gasteiger charge is 2.53. The van der Waals surface area contributed by atoms with Crippen molar-refractivity contribution in [2.75, 3.05) is 20.8 Å². The SMILES string of the molecule is COc1ccc(C(=O)OCC(=O)N[C@@H](C)C23CC4CC(CC(C4)C2)C3)c(OC)c1. The summed E-state index contributed by atoms with van der Waals surface area (Å²) in [6.07, 6.45) is 7.81. The molecule has 6 nitrogen and oxygen atoms in total. The van der Waals surface area contributed by atoms with Gasteiger partial charge >= 0.3 is 5.97 Å². The van der Waals surface area contributed by atoms with Crippen molar-refractivity contribution >= 4 is 11.9 Å². The fourth-order valence-corrected chi connectivity index (χ4v) is 6.32. The van der Waals surface area contributed by atoms with Gasteiger partial charge < -0.3 is 19.5 Å². The summed E-state index contributed by atoms with van der Waals surface area (Å²) in [4.78, 5) is 24.9. The number of benzene rings is 1. The number of nitrogens with one attached hydrogen (secondary N) is 1. The fraction of sp³-hybridized carbons (Fsp3) is 0.652. The standard InChI is InChI=1S/C23H31NO5/c1-14(23-10-15-6-16(11-23)8-17(7-15)12-23)24-21(25)13-29-22(26)19-5-4-18(27-2)9-20(19)28-3/h4-5,9,14-17H,6-8,10-13H2,1-3H3,(H,24,25)/t14-,15?,16?,17?,23?/m0/s1. The number of esters is 1. The molecule has 4 bridgehead atoms. The van der Waals surface area contributed by atoms with E-state index in [0.29, 0.717) is 11.5 Å². The van der Waals surface area contributed by atoms with E-state index in [-0.39, 0.29) is 29.5 Å². The summed E-state index contributed by atoms with van der Waals surface area (Å²) in [6.45, 7) is 1.84. The van der Waals surface area contributed by atoms with Crippen molar-refractivity contribution in [2.24, 2.45) is 23.2 Å². The Morgan fingerprint density at radius 1 is 1.07 bits per heavy atom. The highest BCUT2D eigenvalue weighted by molar-refractivity contribution is 5.94. The summed E-state index contributed by atoms with van der Waals surface area (Å²) in [5.41, 5.74) is 0.503. The van der Waals surface area contributed by atoms with Gasteiger partial charge in [0, 0.05) is 12.1 Å². The van der Waals surface area contributed by atoms with E-state index >= 15 is 0 Å². The first kappa shape index (κ1) is 20.0. The van der Waals surface area contributed by atoms with Gasteiger partial charge in [0.15, 0.2) is 6.61 Å². The van der Waals surface area contributed by atoms with Gasteiger partial charge in [-0.3, -0.25) is 4.79 Å². The molecule has 6 heteroatoms. The first-order valence-electron chi connectivity index (χ1n) is 10.6. The molecule has 29 heavy (non-hydrogen) atoms. The van der Waals surface area contributed by atoms with Gasteiger partial charge in [-0.15, -0.1) is 0 Å². The number of methoxy groups -OCH3 is 2. The number of rotatable bonds is 7. The molecule has 1 N–H and O–H groups in total. The minimum atomic E-state index is -0.581. The Morgan fingerprint density at radius 3 is 2.24 bits per heavy atom. The average molecular weight is 402 g/mol. The van der Waals surface area contributed by atoms with Crippen LogP contribution < -0.4 is 14.8 Å². The smallest absolute Gasteiger partial charge is 0.342 e. The van der Waals surface area contributed by atoms with E-state index in [1.165, 1.54) is 45.6 Å². The maximum Gasteiger partial charge on any atom is 0.342 e. The number of hydrogen-bond acceptors (Lipinski definition) is 5. The number of amides is 1. The third-order valence-electron chi connectivity index (χ3n) is 7.34. The Labute approximate surface area is 172 Å². The fourth-order valence-electron chi connectivity index (χ4n) is 6.32. The second-order valence-corrected chi connectivity index (χ2v) is 9.21. The van der Waals surface area contributed by atoms with Crippen molar-refractivity contribution in [3.63, 3.8) is 0 Å². The average Bonchev–Trinajstić information content (AvgIpc) is 2.70. The molecule has 4 aliphatic carbocycles. The maximum atomic E-state index is 12.5. The van der Waals surface area contributed by atoms with Crippen molar-refractivity contribution in [3.8, 4) is 11.5 Å². The second kappa shape index (κ2) is 7.88. The molecule has 1 aromatic carbocycles. The van der Waals surface area contributed by atoms with Crippen LogP contribution in [0.4, 0.5) is 0 Å². The predicted octanol–water partition coefficient (Wildman–Crippen LogP) is 3.58. The Kier molecular flexibility index (Phi) is 5.45. The second-order valence-electron chi connectivity index (χ2n) is 9.21. The normalized spacial score (nSPS) is 30.5. The first-order valence-corrected chi connectivity index (χ1v) is 10.6. The summed E-state index contributed by atoms with van der Waals surface area (Å²) in [7, 11) is 3.02. The lowest BCUT2D eigenvalue weighted by molar-refractivity contribution is -0.128. The quantitative estimate of drug-likeness (QED) is 0.707. The van der Waals surface area contributed by atoms with E-state index in [2.05, 4.69) is 12.2 Å². The Morgan fingerprint density at radius 2 is 1.69 bits per heavy atom. The summed E-state index contributed by atoms with van der Waals surface area (Å²) in [5.74, 6) is 2.62.